The zero-order valence-corrected chi connectivity index (χ0v) is 14.8. The van der Waals surface area contributed by atoms with Crippen LogP contribution in [0.5, 0.6) is 0 Å². The molecule has 1 aliphatic rings. The van der Waals surface area contributed by atoms with Crippen LogP contribution in [0.2, 0.25) is 0 Å². The molecule has 0 aliphatic carbocycles. The van der Waals surface area contributed by atoms with Crippen LogP contribution in [0, 0.1) is 6.92 Å². The molecular weight excluding hydrogens is 330 g/mol. The van der Waals surface area contributed by atoms with E-state index in [0.29, 0.717) is 11.4 Å². The minimum absolute atomic E-state index is 0.0764. The van der Waals surface area contributed by atoms with Crippen LogP contribution in [-0.2, 0) is 14.4 Å². The van der Waals surface area contributed by atoms with Gasteiger partial charge in [-0.15, -0.1) is 0 Å². The Balaban J connectivity index is 1.67. The minimum atomic E-state index is -0.572. The van der Waals surface area contributed by atoms with E-state index in [1.54, 1.807) is 13.1 Å². The molecular formula is C20H21N3O3. The van der Waals surface area contributed by atoms with Gasteiger partial charge in [0.25, 0.3) is 0 Å². The first-order valence-corrected chi connectivity index (χ1v) is 8.44. The third-order valence-electron chi connectivity index (χ3n) is 4.39. The van der Waals surface area contributed by atoms with Crippen molar-refractivity contribution >= 4 is 29.1 Å². The van der Waals surface area contributed by atoms with Crippen LogP contribution in [0.15, 0.2) is 48.5 Å². The van der Waals surface area contributed by atoms with E-state index in [4.69, 9.17) is 0 Å². The molecule has 0 saturated carbocycles. The first kappa shape index (κ1) is 17.7. The quantitative estimate of drug-likeness (QED) is 0.888. The predicted molar refractivity (Wildman–Crippen MR) is 99.9 cm³/mol. The van der Waals surface area contributed by atoms with Gasteiger partial charge in [-0.2, -0.15) is 0 Å². The molecule has 3 rings (SSSR count). The molecule has 0 fully saturated rings. The number of amides is 3. The van der Waals surface area contributed by atoms with E-state index in [9.17, 15) is 14.4 Å². The number of para-hydroxylation sites is 1. The maximum atomic E-state index is 12.8. The maximum absolute atomic E-state index is 12.8. The van der Waals surface area contributed by atoms with Gasteiger partial charge in [0, 0.05) is 24.8 Å². The number of carbonyl (C=O) groups excluding carboxylic acids is 3. The van der Waals surface area contributed by atoms with Gasteiger partial charge in [-0.05, 0) is 30.7 Å². The molecule has 26 heavy (non-hydrogen) atoms. The van der Waals surface area contributed by atoms with Crippen LogP contribution >= 0.6 is 0 Å². The second-order valence-corrected chi connectivity index (χ2v) is 6.50. The minimum Gasteiger partial charge on any atom is -0.336 e. The number of nitrogens with zero attached hydrogens (tertiary/aromatic N) is 1. The Bertz CT molecular complexity index is 846. The normalized spacial score (nSPS) is 15.6. The Morgan fingerprint density at radius 3 is 2.58 bits per heavy atom. The third-order valence-corrected chi connectivity index (χ3v) is 4.39. The highest BCUT2D eigenvalue weighted by Crippen LogP contribution is 2.33. The van der Waals surface area contributed by atoms with Crippen molar-refractivity contribution in [1.82, 2.24) is 4.90 Å². The molecule has 0 bridgehead atoms. The zero-order valence-electron chi connectivity index (χ0n) is 14.8. The van der Waals surface area contributed by atoms with Gasteiger partial charge in [0.2, 0.25) is 17.7 Å². The summed E-state index contributed by atoms with van der Waals surface area (Å²) in [5.74, 6) is -1.29. The van der Waals surface area contributed by atoms with Crippen LogP contribution < -0.4 is 10.6 Å². The van der Waals surface area contributed by atoms with Gasteiger partial charge in [0.1, 0.15) is 0 Å². The summed E-state index contributed by atoms with van der Waals surface area (Å²) in [6, 6.07) is 14.7. The summed E-state index contributed by atoms with van der Waals surface area (Å²) in [7, 11) is 1.58. The second kappa shape index (κ2) is 7.39. The number of hydrogen-bond acceptors (Lipinski definition) is 3. The lowest BCUT2D eigenvalue weighted by atomic mass is 9.89. The highest BCUT2D eigenvalue weighted by molar-refractivity contribution is 6.02. The van der Waals surface area contributed by atoms with Gasteiger partial charge in [-0.1, -0.05) is 35.9 Å². The molecule has 134 valence electrons. The van der Waals surface area contributed by atoms with Crippen molar-refractivity contribution in [3.8, 4) is 0 Å². The van der Waals surface area contributed by atoms with Crippen molar-refractivity contribution in [3.63, 3.8) is 0 Å². The number of carbonyl (C=O) groups is 3. The van der Waals surface area contributed by atoms with Gasteiger partial charge in [0.05, 0.1) is 12.5 Å². The molecule has 2 aromatic carbocycles. The fourth-order valence-electron chi connectivity index (χ4n) is 3.03. The van der Waals surface area contributed by atoms with Crippen LogP contribution in [0.3, 0.4) is 0 Å². The second-order valence-electron chi connectivity index (χ2n) is 6.50. The Morgan fingerprint density at radius 2 is 1.85 bits per heavy atom. The summed E-state index contributed by atoms with van der Waals surface area (Å²) in [5, 5.41) is 5.55. The van der Waals surface area contributed by atoms with Crippen molar-refractivity contribution in [3.05, 3.63) is 59.7 Å². The van der Waals surface area contributed by atoms with Crippen LogP contribution in [0.1, 0.15) is 23.5 Å². The summed E-state index contributed by atoms with van der Waals surface area (Å²) >= 11 is 0. The van der Waals surface area contributed by atoms with Crippen LogP contribution in [-0.4, -0.2) is 36.2 Å². The molecule has 1 atom stereocenters. The largest absolute Gasteiger partial charge is 0.336 e. The van der Waals surface area contributed by atoms with E-state index in [2.05, 4.69) is 10.6 Å². The number of likely N-dealkylation sites (N-methyl/N-ethyl adjacent to an activating group) is 1. The lowest BCUT2D eigenvalue weighted by molar-refractivity contribution is -0.136. The van der Waals surface area contributed by atoms with Gasteiger partial charge >= 0.3 is 0 Å². The van der Waals surface area contributed by atoms with Crippen LogP contribution in [0.4, 0.5) is 11.4 Å². The highest BCUT2D eigenvalue weighted by atomic mass is 16.2. The first-order valence-electron chi connectivity index (χ1n) is 8.44. The van der Waals surface area contributed by atoms with Crippen molar-refractivity contribution in [1.29, 1.82) is 0 Å². The SMILES string of the molecule is Cc1ccc(NC(=O)CN(C)C(=O)C2CC(=O)Nc3ccccc32)cc1. The van der Waals surface area contributed by atoms with Crippen molar-refractivity contribution in [2.24, 2.45) is 0 Å². The maximum Gasteiger partial charge on any atom is 0.243 e. The standard InChI is InChI=1S/C20H21N3O3/c1-13-7-9-14(10-8-13)21-19(25)12-23(2)20(26)16-11-18(24)22-17-6-4-3-5-15(16)17/h3-10,16H,11-12H2,1-2H3,(H,21,25)(H,22,24). The third kappa shape index (κ3) is 3.91. The van der Waals surface area contributed by atoms with Crippen molar-refractivity contribution in [2.45, 2.75) is 19.3 Å². The lowest BCUT2D eigenvalue weighted by Gasteiger charge is -2.28. The van der Waals surface area contributed by atoms with Crippen molar-refractivity contribution in [2.75, 3.05) is 24.2 Å². The monoisotopic (exact) mass is 351 g/mol. The van der Waals surface area contributed by atoms with Gasteiger partial charge in [0.15, 0.2) is 0 Å². The van der Waals surface area contributed by atoms with E-state index in [0.717, 1.165) is 11.1 Å². The molecule has 0 saturated heterocycles. The number of aryl methyl sites for hydroxylation is 1. The molecule has 1 unspecified atom stereocenters. The molecule has 0 radical (unpaired) electrons. The summed E-state index contributed by atoms with van der Waals surface area (Å²) in [6.45, 7) is 1.89. The average molecular weight is 351 g/mol. The summed E-state index contributed by atoms with van der Waals surface area (Å²) in [4.78, 5) is 38.3. The van der Waals surface area contributed by atoms with Gasteiger partial charge in [-0.3, -0.25) is 14.4 Å². The number of nitrogens with one attached hydrogen (secondary N) is 2. The Hall–Kier alpha value is -3.15. The molecule has 0 aromatic heterocycles. The molecule has 1 heterocycles. The van der Waals surface area contributed by atoms with Crippen LogP contribution in [0.25, 0.3) is 0 Å². The highest BCUT2D eigenvalue weighted by Gasteiger charge is 2.32. The summed E-state index contributed by atoms with van der Waals surface area (Å²) in [5.41, 5.74) is 3.22. The van der Waals surface area contributed by atoms with E-state index in [1.165, 1.54) is 4.90 Å². The fourth-order valence-corrected chi connectivity index (χ4v) is 3.03. The fraction of sp³-hybridized carbons (Fsp3) is 0.250. The Morgan fingerprint density at radius 1 is 1.15 bits per heavy atom. The van der Waals surface area contributed by atoms with E-state index in [1.807, 2.05) is 49.4 Å². The van der Waals surface area contributed by atoms with E-state index >= 15 is 0 Å². The Labute approximate surface area is 152 Å². The number of benzene rings is 2. The molecule has 6 heteroatoms. The number of anilines is 2. The number of fused-ring (bicyclic) bond motifs is 1. The topological polar surface area (TPSA) is 78.5 Å². The molecule has 3 amide bonds. The molecule has 6 nitrogen and oxygen atoms in total. The predicted octanol–water partition coefficient (Wildman–Crippen LogP) is 2.52. The molecule has 1 aliphatic heterocycles. The summed E-state index contributed by atoms with van der Waals surface area (Å²) < 4.78 is 0. The van der Waals surface area contributed by atoms with E-state index < -0.39 is 5.92 Å². The molecule has 2 N–H and O–H groups in total. The van der Waals surface area contributed by atoms with Gasteiger partial charge in [-0.25, -0.2) is 0 Å². The summed E-state index contributed by atoms with van der Waals surface area (Å²) in [6.07, 6.45) is 0.0831. The lowest BCUT2D eigenvalue weighted by Crippen LogP contribution is -2.40. The molecule has 2 aromatic rings. The smallest absolute Gasteiger partial charge is 0.243 e. The number of rotatable bonds is 4. The van der Waals surface area contributed by atoms with Gasteiger partial charge < -0.3 is 15.5 Å². The van der Waals surface area contributed by atoms with Crippen molar-refractivity contribution < 1.29 is 14.4 Å². The Kier molecular flexibility index (Phi) is 5.02. The van der Waals surface area contributed by atoms with E-state index in [-0.39, 0.29) is 30.7 Å². The number of hydrogen-bond donors (Lipinski definition) is 2. The average Bonchev–Trinajstić information content (AvgIpc) is 2.62. The molecule has 0 spiro atoms. The zero-order chi connectivity index (χ0) is 18.7. The first-order chi connectivity index (χ1) is 12.4.